The van der Waals surface area contributed by atoms with Gasteiger partial charge in [0, 0.05) is 13.1 Å². The van der Waals surface area contributed by atoms with Gasteiger partial charge in [-0.3, -0.25) is 4.90 Å². The fourth-order valence-electron chi connectivity index (χ4n) is 1.67. The van der Waals surface area contributed by atoms with Gasteiger partial charge in [-0.2, -0.15) is 0 Å². The monoisotopic (exact) mass is 247 g/mol. The third kappa shape index (κ3) is 2.27. The standard InChI is InChI=1S/C9H11Cl2N3O/c10-7-5-8(11)9(14(15)6-7)13-3-1-12-2-4-13/h5-6,12H,1-4H2. The van der Waals surface area contributed by atoms with Crippen LogP contribution < -0.4 is 14.9 Å². The van der Waals surface area contributed by atoms with E-state index in [0.29, 0.717) is 15.9 Å². The highest BCUT2D eigenvalue weighted by atomic mass is 35.5. The van der Waals surface area contributed by atoms with E-state index in [1.165, 1.54) is 6.20 Å². The van der Waals surface area contributed by atoms with Crippen molar-refractivity contribution in [1.29, 1.82) is 0 Å². The highest BCUT2D eigenvalue weighted by molar-refractivity contribution is 6.35. The molecule has 0 aliphatic carbocycles. The lowest BCUT2D eigenvalue weighted by molar-refractivity contribution is -0.592. The number of nitrogens with zero attached hydrogens (tertiary/aromatic N) is 2. The second kappa shape index (κ2) is 4.43. The zero-order chi connectivity index (χ0) is 10.8. The van der Waals surface area contributed by atoms with E-state index in [4.69, 9.17) is 23.2 Å². The lowest BCUT2D eigenvalue weighted by atomic mass is 10.3. The Labute approximate surface area is 98.0 Å². The van der Waals surface area contributed by atoms with Crippen molar-refractivity contribution in [2.24, 2.45) is 0 Å². The number of anilines is 1. The van der Waals surface area contributed by atoms with Gasteiger partial charge in [0.15, 0.2) is 0 Å². The molecule has 1 aromatic rings. The molecule has 0 saturated carbocycles. The molecule has 0 unspecified atom stereocenters. The van der Waals surface area contributed by atoms with E-state index in [9.17, 15) is 5.21 Å². The third-order valence-electron chi connectivity index (χ3n) is 2.34. The van der Waals surface area contributed by atoms with Crippen LogP contribution in [0.15, 0.2) is 12.3 Å². The van der Waals surface area contributed by atoms with Gasteiger partial charge in [0.05, 0.1) is 18.1 Å². The number of pyridine rings is 1. The van der Waals surface area contributed by atoms with E-state index in [1.54, 1.807) is 6.07 Å². The molecule has 1 aromatic heterocycles. The number of hydrogen-bond donors (Lipinski definition) is 1. The molecule has 1 fully saturated rings. The summed E-state index contributed by atoms with van der Waals surface area (Å²) >= 11 is 11.7. The summed E-state index contributed by atoms with van der Waals surface area (Å²) < 4.78 is 0.732. The van der Waals surface area contributed by atoms with Crippen LogP contribution in [-0.4, -0.2) is 26.2 Å². The third-order valence-corrected chi connectivity index (χ3v) is 2.83. The molecule has 15 heavy (non-hydrogen) atoms. The first-order valence-corrected chi connectivity index (χ1v) is 5.48. The van der Waals surface area contributed by atoms with E-state index in [0.717, 1.165) is 30.9 Å². The van der Waals surface area contributed by atoms with Crippen molar-refractivity contribution in [3.05, 3.63) is 27.5 Å². The number of hydrogen-bond acceptors (Lipinski definition) is 3. The summed E-state index contributed by atoms with van der Waals surface area (Å²) in [4.78, 5) is 1.96. The van der Waals surface area contributed by atoms with Crippen molar-refractivity contribution in [3.63, 3.8) is 0 Å². The Balaban J connectivity index is 2.33. The smallest absolute Gasteiger partial charge is 0.298 e. The van der Waals surface area contributed by atoms with Gasteiger partial charge in [0.2, 0.25) is 0 Å². The largest absolute Gasteiger partial charge is 0.711 e. The van der Waals surface area contributed by atoms with Crippen molar-refractivity contribution in [2.45, 2.75) is 0 Å². The average Bonchev–Trinajstić information content (AvgIpc) is 2.17. The Morgan fingerprint density at radius 1 is 1.33 bits per heavy atom. The SMILES string of the molecule is [O-][n+]1cc(Cl)cc(Cl)c1N1CCNCC1. The van der Waals surface area contributed by atoms with Crippen molar-refractivity contribution >= 4 is 29.0 Å². The molecule has 1 aliphatic rings. The number of piperazine rings is 1. The second-order valence-corrected chi connectivity index (χ2v) is 4.24. The molecule has 0 atom stereocenters. The molecule has 0 aromatic carbocycles. The Morgan fingerprint density at radius 2 is 2.00 bits per heavy atom. The van der Waals surface area contributed by atoms with Gasteiger partial charge < -0.3 is 10.5 Å². The van der Waals surface area contributed by atoms with E-state index in [2.05, 4.69) is 5.32 Å². The minimum Gasteiger partial charge on any atom is -0.711 e. The molecular formula is C9H11Cl2N3O. The maximum Gasteiger partial charge on any atom is 0.298 e. The summed E-state index contributed by atoms with van der Waals surface area (Å²) in [7, 11) is 0. The van der Waals surface area contributed by atoms with E-state index in [-0.39, 0.29) is 0 Å². The van der Waals surface area contributed by atoms with Crippen LogP contribution in [0.25, 0.3) is 0 Å². The lowest BCUT2D eigenvalue weighted by Crippen LogP contribution is -2.48. The Bertz CT molecular complexity index is 343. The highest BCUT2D eigenvalue weighted by Gasteiger charge is 2.23. The molecular weight excluding hydrogens is 237 g/mol. The Morgan fingerprint density at radius 3 is 2.60 bits per heavy atom. The van der Waals surface area contributed by atoms with Gasteiger partial charge in [-0.1, -0.05) is 23.2 Å². The van der Waals surface area contributed by atoms with Gasteiger partial charge in [-0.05, 0) is 6.07 Å². The van der Waals surface area contributed by atoms with Crippen molar-refractivity contribution in [2.75, 3.05) is 31.1 Å². The van der Waals surface area contributed by atoms with Crippen LogP contribution in [0.1, 0.15) is 0 Å². The molecule has 0 radical (unpaired) electrons. The van der Waals surface area contributed by atoms with Gasteiger partial charge in [-0.15, -0.1) is 0 Å². The number of nitrogens with one attached hydrogen (secondary N) is 1. The molecule has 0 spiro atoms. The summed E-state index contributed by atoms with van der Waals surface area (Å²) in [6.07, 6.45) is 1.32. The molecule has 82 valence electrons. The van der Waals surface area contributed by atoms with Gasteiger partial charge >= 0.3 is 0 Å². The number of aromatic nitrogens is 1. The minimum atomic E-state index is 0.355. The van der Waals surface area contributed by atoms with Crippen LogP contribution >= 0.6 is 23.2 Å². The molecule has 4 nitrogen and oxygen atoms in total. The first-order valence-electron chi connectivity index (χ1n) is 4.72. The summed E-state index contributed by atoms with van der Waals surface area (Å²) in [6.45, 7) is 3.28. The summed E-state index contributed by atoms with van der Waals surface area (Å²) in [5.41, 5.74) is 0. The van der Waals surface area contributed by atoms with Crippen molar-refractivity contribution < 1.29 is 4.73 Å². The van der Waals surface area contributed by atoms with E-state index >= 15 is 0 Å². The average molecular weight is 248 g/mol. The first-order chi connectivity index (χ1) is 7.18. The predicted molar refractivity (Wildman–Crippen MR) is 60.5 cm³/mol. The van der Waals surface area contributed by atoms with Crippen LogP contribution in [0.5, 0.6) is 0 Å². The number of halogens is 2. The fraction of sp³-hybridized carbons (Fsp3) is 0.444. The highest BCUT2D eigenvalue weighted by Crippen LogP contribution is 2.24. The predicted octanol–water partition coefficient (Wildman–Crippen LogP) is 1.04. The van der Waals surface area contributed by atoms with E-state index < -0.39 is 0 Å². The van der Waals surface area contributed by atoms with Crippen LogP contribution in [0, 0.1) is 5.21 Å². The molecule has 2 heterocycles. The topological polar surface area (TPSA) is 42.2 Å². The summed E-state index contributed by atoms with van der Waals surface area (Å²) in [6, 6.07) is 1.59. The molecule has 1 aliphatic heterocycles. The van der Waals surface area contributed by atoms with Crippen LogP contribution in [0.2, 0.25) is 10.0 Å². The zero-order valence-electron chi connectivity index (χ0n) is 8.04. The Kier molecular flexibility index (Phi) is 3.19. The van der Waals surface area contributed by atoms with Gasteiger partial charge in [0.1, 0.15) is 11.2 Å². The molecule has 6 heteroatoms. The maximum atomic E-state index is 11.6. The van der Waals surface area contributed by atoms with Crippen LogP contribution in [0.4, 0.5) is 5.82 Å². The molecule has 1 saturated heterocycles. The maximum absolute atomic E-state index is 11.6. The van der Waals surface area contributed by atoms with Crippen molar-refractivity contribution in [1.82, 2.24) is 5.32 Å². The fourth-order valence-corrected chi connectivity index (χ4v) is 2.24. The first kappa shape index (κ1) is 10.8. The lowest BCUT2D eigenvalue weighted by Gasteiger charge is -2.25. The van der Waals surface area contributed by atoms with Gasteiger partial charge in [0.25, 0.3) is 5.82 Å². The van der Waals surface area contributed by atoms with Gasteiger partial charge in [-0.25, -0.2) is 4.73 Å². The zero-order valence-corrected chi connectivity index (χ0v) is 9.55. The normalized spacial score (nSPS) is 16.8. The Hall–Kier alpha value is -0.710. The molecule has 1 N–H and O–H groups in total. The molecule has 0 bridgehead atoms. The summed E-state index contributed by atoms with van der Waals surface area (Å²) in [5.74, 6) is 0.488. The minimum absolute atomic E-state index is 0.355. The molecule has 2 rings (SSSR count). The summed E-state index contributed by atoms with van der Waals surface area (Å²) in [5, 5.41) is 15.6. The molecule has 0 amide bonds. The second-order valence-electron chi connectivity index (χ2n) is 3.39. The van der Waals surface area contributed by atoms with Crippen LogP contribution in [-0.2, 0) is 0 Å². The number of rotatable bonds is 1. The van der Waals surface area contributed by atoms with Crippen molar-refractivity contribution in [3.8, 4) is 0 Å². The quantitative estimate of drug-likeness (QED) is 0.596. The van der Waals surface area contributed by atoms with Crippen LogP contribution in [0.3, 0.4) is 0 Å². The van der Waals surface area contributed by atoms with E-state index in [1.807, 2.05) is 4.90 Å².